The Morgan fingerprint density at radius 2 is 1.92 bits per heavy atom. The fraction of sp³-hybridized carbons (Fsp3) is 0.545. The van der Waals surface area contributed by atoms with E-state index in [0.717, 1.165) is 76.8 Å². The van der Waals surface area contributed by atoms with E-state index >= 15 is 0 Å². The lowest BCUT2D eigenvalue weighted by atomic mass is 9.55. The molecule has 206 valence electrons. The Balaban J connectivity index is 1.46. The first-order chi connectivity index (χ1) is 18.5. The number of rotatable bonds is 12. The van der Waals surface area contributed by atoms with E-state index in [2.05, 4.69) is 64.9 Å². The molecular weight excluding hydrogens is 472 g/mol. The van der Waals surface area contributed by atoms with E-state index in [-0.39, 0.29) is 23.0 Å². The number of benzene rings is 2. The number of likely N-dealkylation sites (tertiary alicyclic amines) is 1. The zero-order valence-electron chi connectivity index (χ0n) is 23.7. The van der Waals surface area contributed by atoms with Gasteiger partial charge in [-0.1, -0.05) is 55.0 Å². The van der Waals surface area contributed by atoms with Gasteiger partial charge in [0.15, 0.2) is 0 Å². The lowest BCUT2D eigenvalue weighted by molar-refractivity contribution is -0.159. The Morgan fingerprint density at radius 1 is 1.11 bits per heavy atom. The third kappa shape index (κ3) is 6.00. The summed E-state index contributed by atoms with van der Waals surface area (Å²) in [7, 11) is 5.61. The van der Waals surface area contributed by atoms with Gasteiger partial charge in [-0.2, -0.15) is 0 Å². The van der Waals surface area contributed by atoms with Gasteiger partial charge in [0.05, 0.1) is 12.7 Å². The molecule has 4 rings (SSSR count). The average molecular weight is 519 g/mol. The SMILES string of the molecule is C=CCN1CCC2(c3cccc(OC)c3)CC(N(C)C(=O)CCCCCc3ccccc3)CCC2(OC)C1. The molecule has 1 saturated carbocycles. The molecular formula is C33H46N2O3. The lowest BCUT2D eigenvalue weighted by Gasteiger charge is -2.60. The second kappa shape index (κ2) is 12.9. The third-order valence-corrected chi connectivity index (χ3v) is 9.21. The Kier molecular flexibility index (Phi) is 9.67. The highest BCUT2D eigenvalue weighted by Gasteiger charge is 2.59. The standard InChI is InChI=1S/C33H46N2O3/c1-5-22-35-23-21-32(28-16-12-17-30(24-28)37-3)25-29(19-20-33(32,26-35)38-4)34(2)31(36)18-11-7-10-15-27-13-8-6-9-14-27/h5-6,8-9,12-14,16-17,24,29H,1,7,10-11,15,18-23,25-26H2,2-4H3. The number of ether oxygens (including phenoxy) is 2. The van der Waals surface area contributed by atoms with Crippen LogP contribution in [0.5, 0.6) is 5.75 Å². The molecule has 38 heavy (non-hydrogen) atoms. The van der Waals surface area contributed by atoms with Crippen LogP contribution in [-0.4, -0.2) is 68.3 Å². The summed E-state index contributed by atoms with van der Waals surface area (Å²) in [5, 5.41) is 0. The van der Waals surface area contributed by atoms with Crippen LogP contribution in [0.4, 0.5) is 0 Å². The predicted molar refractivity (Wildman–Crippen MR) is 155 cm³/mol. The molecule has 1 saturated heterocycles. The summed E-state index contributed by atoms with van der Waals surface area (Å²) >= 11 is 0. The molecule has 1 aliphatic carbocycles. The highest BCUT2D eigenvalue weighted by Crippen LogP contribution is 2.54. The molecule has 2 aromatic rings. The van der Waals surface area contributed by atoms with Crippen LogP contribution in [0.1, 0.15) is 62.5 Å². The number of fused-ring (bicyclic) bond motifs is 1. The summed E-state index contributed by atoms with van der Waals surface area (Å²) < 4.78 is 12.1. The highest BCUT2D eigenvalue weighted by atomic mass is 16.5. The maximum Gasteiger partial charge on any atom is 0.222 e. The Bertz CT molecular complexity index is 1060. The smallest absolute Gasteiger partial charge is 0.222 e. The monoisotopic (exact) mass is 518 g/mol. The summed E-state index contributed by atoms with van der Waals surface area (Å²) in [5.74, 6) is 1.14. The van der Waals surface area contributed by atoms with Crippen molar-refractivity contribution in [2.24, 2.45) is 0 Å². The van der Waals surface area contributed by atoms with Gasteiger partial charge >= 0.3 is 0 Å². The Morgan fingerprint density at radius 3 is 2.66 bits per heavy atom. The molecule has 1 aliphatic heterocycles. The predicted octanol–water partition coefficient (Wildman–Crippen LogP) is 6.02. The number of hydrogen-bond acceptors (Lipinski definition) is 4. The van der Waals surface area contributed by atoms with Crippen molar-refractivity contribution in [3.63, 3.8) is 0 Å². The van der Waals surface area contributed by atoms with Gasteiger partial charge in [0, 0.05) is 45.1 Å². The van der Waals surface area contributed by atoms with Crippen LogP contribution in [-0.2, 0) is 21.4 Å². The molecule has 2 aliphatic rings. The van der Waals surface area contributed by atoms with Gasteiger partial charge in [0.25, 0.3) is 0 Å². The van der Waals surface area contributed by atoms with Gasteiger partial charge in [-0.25, -0.2) is 0 Å². The van der Waals surface area contributed by atoms with Crippen molar-refractivity contribution < 1.29 is 14.3 Å². The molecule has 5 nitrogen and oxygen atoms in total. The number of amides is 1. The average Bonchev–Trinajstić information content (AvgIpc) is 2.96. The topological polar surface area (TPSA) is 42.0 Å². The van der Waals surface area contributed by atoms with Crippen molar-refractivity contribution in [3.05, 3.63) is 78.4 Å². The minimum absolute atomic E-state index is 0.179. The van der Waals surface area contributed by atoms with Crippen LogP contribution >= 0.6 is 0 Å². The summed E-state index contributed by atoms with van der Waals surface area (Å²) in [6.07, 6.45) is 10.6. The summed E-state index contributed by atoms with van der Waals surface area (Å²) in [6, 6.07) is 19.3. The van der Waals surface area contributed by atoms with Gasteiger partial charge in [0.2, 0.25) is 5.91 Å². The van der Waals surface area contributed by atoms with Gasteiger partial charge < -0.3 is 14.4 Å². The van der Waals surface area contributed by atoms with Crippen molar-refractivity contribution in [2.45, 2.75) is 74.8 Å². The fourth-order valence-electron chi connectivity index (χ4n) is 6.96. The number of piperidine rings is 1. The van der Waals surface area contributed by atoms with Gasteiger partial charge in [-0.15, -0.1) is 6.58 Å². The lowest BCUT2D eigenvalue weighted by Crippen LogP contribution is -2.68. The van der Waals surface area contributed by atoms with Crippen molar-refractivity contribution >= 4 is 5.91 Å². The Labute approximate surface area is 229 Å². The number of unbranched alkanes of at least 4 members (excludes halogenated alkanes) is 2. The highest BCUT2D eigenvalue weighted by molar-refractivity contribution is 5.76. The van der Waals surface area contributed by atoms with E-state index in [4.69, 9.17) is 9.47 Å². The van der Waals surface area contributed by atoms with Gasteiger partial charge in [0.1, 0.15) is 5.75 Å². The van der Waals surface area contributed by atoms with Crippen molar-refractivity contribution in [1.29, 1.82) is 0 Å². The zero-order chi connectivity index (χ0) is 27.0. The zero-order valence-corrected chi connectivity index (χ0v) is 23.7. The molecule has 2 aromatic carbocycles. The van der Waals surface area contributed by atoms with Crippen LogP contribution in [0.25, 0.3) is 0 Å². The van der Waals surface area contributed by atoms with Gasteiger partial charge in [-0.05, 0) is 74.8 Å². The summed E-state index contributed by atoms with van der Waals surface area (Å²) in [4.78, 5) is 17.8. The quantitative estimate of drug-likeness (QED) is 0.254. The van der Waals surface area contributed by atoms with Crippen LogP contribution in [0.3, 0.4) is 0 Å². The maximum atomic E-state index is 13.3. The van der Waals surface area contributed by atoms with E-state index in [1.807, 2.05) is 26.3 Å². The maximum absolute atomic E-state index is 13.3. The molecule has 1 heterocycles. The van der Waals surface area contributed by atoms with Gasteiger partial charge in [-0.3, -0.25) is 9.69 Å². The number of methoxy groups -OCH3 is 2. The molecule has 0 N–H and O–H groups in total. The molecule has 0 bridgehead atoms. The first kappa shape index (κ1) is 28.4. The molecule has 0 radical (unpaired) electrons. The first-order valence-corrected chi connectivity index (χ1v) is 14.3. The molecule has 5 heteroatoms. The van der Waals surface area contributed by atoms with E-state index < -0.39 is 0 Å². The second-order valence-electron chi connectivity index (χ2n) is 11.2. The number of carbonyl (C=O) groups excluding carboxylic acids is 1. The third-order valence-electron chi connectivity index (χ3n) is 9.21. The minimum Gasteiger partial charge on any atom is -0.497 e. The molecule has 3 atom stereocenters. The molecule has 1 amide bonds. The van der Waals surface area contributed by atoms with E-state index in [0.29, 0.717) is 6.42 Å². The van der Waals surface area contributed by atoms with Crippen molar-refractivity contribution in [2.75, 3.05) is 40.9 Å². The molecule has 3 unspecified atom stereocenters. The van der Waals surface area contributed by atoms with E-state index in [1.165, 1.54) is 11.1 Å². The number of nitrogens with zero attached hydrogens (tertiary/aromatic N) is 2. The van der Waals surface area contributed by atoms with Crippen molar-refractivity contribution in [1.82, 2.24) is 9.80 Å². The largest absolute Gasteiger partial charge is 0.497 e. The number of carbonyl (C=O) groups is 1. The fourth-order valence-corrected chi connectivity index (χ4v) is 6.96. The molecule has 0 spiro atoms. The summed E-state index contributed by atoms with van der Waals surface area (Å²) in [6.45, 7) is 6.69. The van der Waals surface area contributed by atoms with E-state index in [9.17, 15) is 4.79 Å². The second-order valence-corrected chi connectivity index (χ2v) is 11.2. The molecule has 0 aromatic heterocycles. The molecule has 2 fully saturated rings. The number of hydrogen-bond donors (Lipinski definition) is 0. The Hall–Kier alpha value is -2.63. The van der Waals surface area contributed by atoms with Crippen molar-refractivity contribution in [3.8, 4) is 5.75 Å². The number of aryl methyl sites for hydroxylation is 1. The van der Waals surface area contributed by atoms with E-state index in [1.54, 1.807) is 7.11 Å². The van der Waals surface area contributed by atoms with Crippen LogP contribution in [0.2, 0.25) is 0 Å². The normalized spacial score (nSPS) is 25.4. The van der Waals surface area contributed by atoms with Crippen LogP contribution < -0.4 is 4.74 Å². The summed E-state index contributed by atoms with van der Waals surface area (Å²) in [5.41, 5.74) is 2.16. The first-order valence-electron chi connectivity index (χ1n) is 14.3. The van der Waals surface area contributed by atoms with Crippen LogP contribution in [0.15, 0.2) is 67.3 Å². The van der Waals surface area contributed by atoms with Crippen LogP contribution in [0, 0.1) is 0 Å². The minimum atomic E-state index is -0.307.